The third-order valence-electron chi connectivity index (χ3n) is 2.78. The van der Waals surface area contributed by atoms with Crippen LogP contribution in [-0.2, 0) is 13.0 Å². The first-order chi connectivity index (χ1) is 6.81. The highest BCUT2D eigenvalue weighted by atomic mass is 16.3. The summed E-state index contributed by atoms with van der Waals surface area (Å²) in [4.78, 5) is 0. The minimum atomic E-state index is -0.326. The Morgan fingerprint density at radius 2 is 2.36 bits per heavy atom. The van der Waals surface area contributed by atoms with Gasteiger partial charge in [0.1, 0.15) is 6.54 Å². The highest BCUT2D eigenvalue weighted by Gasteiger charge is 2.17. The fraction of sp³-hybridized carbons (Fsp3) is 0.545. The van der Waals surface area contributed by atoms with Crippen molar-refractivity contribution in [2.75, 3.05) is 0 Å². The normalized spacial score (nSPS) is 21.0. The van der Waals surface area contributed by atoms with E-state index in [1.54, 1.807) is 0 Å². The zero-order valence-corrected chi connectivity index (χ0v) is 8.11. The molecule has 0 spiro atoms. The Labute approximate surface area is 83.6 Å². The van der Waals surface area contributed by atoms with Crippen molar-refractivity contribution in [3.8, 4) is 6.07 Å². The first kappa shape index (κ1) is 9.29. The number of fused-ring (bicyclic) bond motifs is 1. The Bertz CT molecular complexity index is 362. The first-order valence-electron chi connectivity index (χ1n) is 5.05. The average molecular weight is 190 g/mol. The summed E-state index contributed by atoms with van der Waals surface area (Å²) in [7, 11) is 0. The van der Waals surface area contributed by atoms with Crippen molar-refractivity contribution in [1.29, 1.82) is 5.26 Å². The molecule has 1 N–H and O–H groups in total. The van der Waals surface area contributed by atoms with Crippen molar-refractivity contribution in [3.05, 3.63) is 23.5 Å². The summed E-state index contributed by atoms with van der Waals surface area (Å²) in [6, 6.07) is 2.10. The molecule has 3 nitrogen and oxygen atoms in total. The Hall–Kier alpha value is -1.27. The van der Waals surface area contributed by atoms with E-state index in [2.05, 4.69) is 6.07 Å². The second kappa shape index (κ2) is 3.85. The predicted molar refractivity (Wildman–Crippen MR) is 52.6 cm³/mol. The van der Waals surface area contributed by atoms with Crippen molar-refractivity contribution in [3.63, 3.8) is 0 Å². The van der Waals surface area contributed by atoms with Gasteiger partial charge in [-0.2, -0.15) is 5.26 Å². The quantitative estimate of drug-likeness (QED) is 0.686. The zero-order valence-electron chi connectivity index (χ0n) is 8.11. The predicted octanol–water partition coefficient (Wildman–Crippen LogP) is 1.77. The third kappa shape index (κ3) is 1.66. The van der Waals surface area contributed by atoms with Gasteiger partial charge in [-0.25, -0.2) is 0 Å². The number of aliphatic hydroxyl groups is 1. The van der Waals surface area contributed by atoms with Gasteiger partial charge >= 0.3 is 0 Å². The van der Waals surface area contributed by atoms with Gasteiger partial charge in [-0.3, -0.25) is 0 Å². The third-order valence-corrected chi connectivity index (χ3v) is 2.78. The second-order valence-electron chi connectivity index (χ2n) is 3.83. The van der Waals surface area contributed by atoms with Gasteiger partial charge in [0.2, 0.25) is 0 Å². The summed E-state index contributed by atoms with van der Waals surface area (Å²) in [5.41, 5.74) is 2.24. The molecule has 74 valence electrons. The standard InChI is InChI=1S/C11H14N2O/c12-5-6-13-7-9-3-1-2-4-11(14)10(9)8-13/h7-8,11,14H,1-4,6H2. The largest absolute Gasteiger partial charge is 0.388 e. The molecule has 1 aromatic heterocycles. The summed E-state index contributed by atoms with van der Waals surface area (Å²) in [5, 5.41) is 18.4. The number of hydrogen-bond acceptors (Lipinski definition) is 2. The van der Waals surface area contributed by atoms with E-state index < -0.39 is 0 Å². The molecular weight excluding hydrogens is 176 g/mol. The van der Waals surface area contributed by atoms with Crippen LogP contribution < -0.4 is 0 Å². The van der Waals surface area contributed by atoms with Gasteiger partial charge in [0.25, 0.3) is 0 Å². The minimum Gasteiger partial charge on any atom is -0.388 e. The molecule has 1 aliphatic carbocycles. The van der Waals surface area contributed by atoms with E-state index >= 15 is 0 Å². The molecule has 0 radical (unpaired) electrons. The van der Waals surface area contributed by atoms with E-state index in [9.17, 15) is 5.11 Å². The summed E-state index contributed by atoms with van der Waals surface area (Å²) in [5.74, 6) is 0. The second-order valence-corrected chi connectivity index (χ2v) is 3.83. The Morgan fingerprint density at radius 3 is 3.14 bits per heavy atom. The molecule has 0 amide bonds. The number of aryl methyl sites for hydroxylation is 1. The van der Waals surface area contributed by atoms with E-state index in [1.165, 1.54) is 5.56 Å². The molecule has 0 aliphatic heterocycles. The number of aromatic nitrogens is 1. The number of rotatable bonds is 1. The Kier molecular flexibility index (Phi) is 2.55. The maximum Gasteiger partial charge on any atom is 0.109 e. The summed E-state index contributed by atoms with van der Waals surface area (Å²) in [6.07, 6.45) is 7.69. The molecule has 3 heteroatoms. The summed E-state index contributed by atoms with van der Waals surface area (Å²) < 4.78 is 1.86. The highest BCUT2D eigenvalue weighted by Crippen LogP contribution is 2.28. The molecule has 1 aliphatic rings. The van der Waals surface area contributed by atoms with Crippen LogP contribution in [0.25, 0.3) is 0 Å². The van der Waals surface area contributed by atoms with E-state index in [-0.39, 0.29) is 6.10 Å². The van der Waals surface area contributed by atoms with Gasteiger partial charge in [-0.05, 0) is 24.8 Å². The van der Waals surface area contributed by atoms with Crippen LogP contribution in [0.15, 0.2) is 12.4 Å². The lowest BCUT2D eigenvalue weighted by molar-refractivity contribution is 0.166. The van der Waals surface area contributed by atoms with Crippen LogP contribution in [0.2, 0.25) is 0 Å². The highest BCUT2D eigenvalue weighted by molar-refractivity contribution is 5.28. The van der Waals surface area contributed by atoms with Crippen molar-refractivity contribution >= 4 is 0 Å². The first-order valence-corrected chi connectivity index (χ1v) is 5.05. The van der Waals surface area contributed by atoms with E-state index in [4.69, 9.17) is 5.26 Å². The van der Waals surface area contributed by atoms with E-state index in [0.717, 1.165) is 31.2 Å². The van der Waals surface area contributed by atoms with Gasteiger partial charge in [-0.1, -0.05) is 6.42 Å². The van der Waals surface area contributed by atoms with E-state index in [1.807, 2.05) is 17.0 Å². The van der Waals surface area contributed by atoms with Crippen LogP contribution >= 0.6 is 0 Å². The Morgan fingerprint density at radius 1 is 1.50 bits per heavy atom. The molecule has 1 heterocycles. The topological polar surface area (TPSA) is 49.0 Å². The smallest absolute Gasteiger partial charge is 0.109 e. The Balaban J connectivity index is 2.30. The lowest BCUT2D eigenvalue weighted by Gasteiger charge is -2.05. The maximum absolute atomic E-state index is 9.83. The van der Waals surface area contributed by atoms with Gasteiger partial charge in [0.05, 0.1) is 12.2 Å². The molecule has 14 heavy (non-hydrogen) atoms. The SMILES string of the molecule is N#CCn1cc2c(c1)C(O)CCCC2. The molecule has 0 saturated heterocycles. The van der Waals surface area contributed by atoms with Crippen LogP contribution in [-0.4, -0.2) is 9.67 Å². The van der Waals surface area contributed by atoms with Crippen LogP contribution in [0.5, 0.6) is 0 Å². The van der Waals surface area contributed by atoms with Gasteiger partial charge in [0, 0.05) is 18.0 Å². The van der Waals surface area contributed by atoms with Crippen molar-refractivity contribution in [1.82, 2.24) is 4.57 Å². The fourth-order valence-electron chi connectivity index (χ4n) is 2.06. The van der Waals surface area contributed by atoms with Gasteiger partial charge in [0.15, 0.2) is 0 Å². The van der Waals surface area contributed by atoms with Crippen LogP contribution in [0.4, 0.5) is 0 Å². The van der Waals surface area contributed by atoms with Crippen LogP contribution in [0, 0.1) is 11.3 Å². The lowest BCUT2D eigenvalue weighted by atomic mass is 10.1. The van der Waals surface area contributed by atoms with E-state index in [0.29, 0.717) is 6.54 Å². The average Bonchev–Trinajstić information content (AvgIpc) is 2.49. The number of nitriles is 1. The molecule has 1 unspecified atom stereocenters. The summed E-state index contributed by atoms with van der Waals surface area (Å²) >= 11 is 0. The van der Waals surface area contributed by atoms with Gasteiger partial charge < -0.3 is 9.67 Å². The molecule has 0 fully saturated rings. The monoisotopic (exact) mass is 190 g/mol. The minimum absolute atomic E-state index is 0.326. The molecule has 0 bridgehead atoms. The maximum atomic E-state index is 9.83. The van der Waals surface area contributed by atoms with Crippen molar-refractivity contribution in [2.24, 2.45) is 0 Å². The van der Waals surface area contributed by atoms with Crippen LogP contribution in [0.1, 0.15) is 36.5 Å². The van der Waals surface area contributed by atoms with Crippen molar-refractivity contribution in [2.45, 2.75) is 38.3 Å². The van der Waals surface area contributed by atoms with Crippen molar-refractivity contribution < 1.29 is 5.11 Å². The van der Waals surface area contributed by atoms with Gasteiger partial charge in [-0.15, -0.1) is 0 Å². The number of aliphatic hydroxyl groups excluding tert-OH is 1. The lowest BCUT2D eigenvalue weighted by Crippen LogP contribution is -1.95. The summed E-state index contributed by atoms with van der Waals surface area (Å²) in [6.45, 7) is 0.375. The molecule has 1 atom stereocenters. The molecule has 0 aromatic carbocycles. The number of hydrogen-bond donors (Lipinski definition) is 1. The molecular formula is C11H14N2O. The molecule has 2 rings (SSSR count). The fourth-order valence-corrected chi connectivity index (χ4v) is 2.06. The molecule has 1 aromatic rings. The number of nitrogens with zero attached hydrogens (tertiary/aromatic N) is 2. The molecule has 0 saturated carbocycles. The zero-order chi connectivity index (χ0) is 9.97. The van der Waals surface area contributed by atoms with Crippen LogP contribution in [0.3, 0.4) is 0 Å².